The second kappa shape index (κ2) is 3.80. The highest BCUT2D eigenvalue weighted by Gasteiger charge is 2.51. The van der Waals surface area contributed by atoms with E-state index >= 15 is 0 Å². The number of carboxylic acid groups (broad SMARTS) is 1. The fourth-order valence-corrected chi connectivity index (χ4v) is 2.32. The first kappa shape index (κ1) is 12.0. The second-order valence-electron chi connectivity index (χ2n) is 5.28. The summed E-state index contributed by atoms with van der Waals surface area (Å²) >= 11 is 0. The van der Waals surface area contributed by atoms with Gasteiger partial charge in [0.1, 0.15) is 0 Å². The van der Waals surface area contributed by atoms with Gasteiger partial charge in [-0.2, -0.15) is 0 Å². The average molecular weight is 240 g/mol. The van der Waals surface area contributed by atoms with Crippen LogP contribution in [0.5, 0.6) is 0 Å². The van der Waals surface area contributed by atoms with Crippen LogP contribution in [0.2, 0.25) is 0 Å². The fourth-order valence-electron chi connectivity index (χ4n) is 2.32. The van der Waals surface area contributed by atoms with Crippen molar-refractivity contribution in [3.63, 3.8) is 0 Å². The number of nitrogens with zero attached hydrogens (tertiary/aromatic N) is 1. The normalized spacial score (nSPS) is 28.7. The van der Waals surface area contributed by atoms with E-state index in [0.717, 1.165) is 4.90 Å². The summed E-state index contributed by atoms with van der Waals surface area (Å²) in [7, 11) is 0. The summed E-state index contributed by atoms with van der Waals surface area (Å²) < 4.78 is 0. The number of amides is 2. The number of carbonyl (C=O) groups is 3. The molecule has 0 aromatic heterocycles. The molecule has 2 N–H and O–H groups in total. The van der Waals surface area contributed by atoms with Crippen LogP contribution in [0.1, 0.15) is 20.3 Å². The van der Waals surface area contributed by atoms with E-state index in [1.54, 1.807) is 0 Å². The van der Waals surface area contributed by atoms with Crippen molar-refractivity contribution >= 4 is 17.8 Å². The van der Waals surface area contributed by atoms with Crippen molar-refractivity contribution in [3.8, 4) is 0 Å². The zero-order chi connectivity index (χ0) is 12.8. The van der Waals surface area contributed by atoms with Gasteiger partial charge < -0.3 is 10.4 Å². The molecule has 2 aliphatic rings. The highest BCUT2D eigenvalue weighted by Crippen LogP contribution is 2.30. The molecule has 6 nitrogen and oxygen atoms in total. The Morgan fingerprint density at radius 3 is 2.65 bits per heavy atom. The minimum Gasteiger partial charge on any atom is -0.481 e. The first-order chi connectivity index (χ1) is 7.84. The summed E-state index contributed by atoms with van der Waals surface area (Å²) in [6.07, 6.45) is 0.652. The fraction of sp³-hybridized carbons (Fsp3) is 0.727. The number of aliphatic carboxylic acids is 1. The van der Waals surface area contributed by atoms with Gasteiger partial charge in [-0.25, -0.2) is 0 Å². The summed E-state index contributed by atoms with van der Waals surface area (Å²) in [5.41, 5.74) is -1.11. The lowest BCUT2D eigenvalue weighted by Crippen LogP contribution is -2.44. The molecule has 0 radical (unpaired) electrons. The van der Waals surface area contributed by atoms with Crippen molar-refractivity contribution in [1.82, 2.24) is 10.2 Å². The molecular weight excluding hydrogens is 224 g/mol. The van der Waals surface area contributed by atoms with E-state index in [1.807, 2.05) is 0 Å². The van der Waals surface area contributed by atoms with Crippen LogP contribution in [-0.4, -0.2) is 46.9 Å². The maximum atomic E-state index is 12.0. The van der Waals surface area contributed by atoms with Crippen LogP contribution in [0, 0.1) is 11.3 Å². The molecule has 94 valence electrons. The maximum Gasteiger partial charge on any atom is 0.310 e. The molecule has 2 fully saturated rings. The van der Waals surface area contributed by atoms with Gasteiger partial charge in [0.25, 0.3) is 0 Å². The summed E-state index contributed by atoms with van der Waals surface area (Å²) in [5, 5.41) is 12.0. The molecule has 0 unspecified atom stereocenters. The van der Waals surface area contributed by atoms with Crippen LogP contribution in [0.4, 0.5) is 0 Å². The Balaban J connectivity index is 2.16. The quantitative estimate of drug-likeness (QED) is 0.646. The second-order valence-corrected chi connectivity index (χ2v) is 5.28. The molecule has 2 amide bonds. The minimum absolute atomic E-state index is 0.0608. The van der Waals surface area contributed by atoms with E-state index in [1.165, 1.54) is 13.8 Å². The molecule has 2 saturated heterocycles. The number of hydrogen-bond donors (Lipinski definition) is 2. The van der Waals surface area contributed by atoms with Crippen molar-refractivity contribution in [3.05, 3.63) is 0 Å². The third kappa shape index (κ3) is 1.82. The number of rotatable bonds is 3. The van der Waals surface area contributed by atoms with E-state index in [-0.39, 0.29) is 24.3 Å². The van der Waals surface area contributed by atoms with Gasteiger partial charge in [0.2, 0.25) is 11.8 Å². The van der Waals surface area contributed by atoms with Crippen molar-refractivity contribution < 1.29 is 19.5 Å². The molecular formula is C11H16N2O4. The highest BCUT2D eigenvalue weighted by molar-refractivity contribution is 6.07. The largest absolute Gasteiger partial charge is 0.481 e. The Hall–Kier alpha value is -1.43. The number of carbonyl (C=O) groups excluding carboxylic acids is 2. The van der Waals surface area contributed by atoms with Gasteiger partial charge in [0, 0.05) is 6.54 Å². The van der Waals surface area contributed by atoms with E-state index in [2.05, 4.69) is 5.32 Å². The molecule has 2 aliphatic heterocycles. The first-order valence-electron chi connectivity index (χ1n) is 5.66. The SMILES string of the molecule is CC(C)(CN1C(=O)[C@H]2CCN[C@H]2C1=O)C(=O)O. The summed E-state index contributed by atoms with van der Waals surface area (Å²) in [6, 6.07) is -0.438. The lowest BCUT2D eigenvalue weighted by Gasteiger charge is -2.25. The topological polar surface area (TPSA) is 86.7 Å². The number of fused-ring (bicyclic) bond motifs is 1. The van der Waals surface area contributed by atoms with Crippen molar-refractivity contribution in [2.75, 3.05) is 13.1 Å². The van der Waals surface area contributed by atoms with Gasteiger partial charge in [-0.15, -0.1) is 0 Å². The molecule has 0 aromatic rings. The Bertz CT molecular complexity index is 369. The third-order valence-electron chi connectivity index (χ3n) is 3.47. The molecule has 17 heavy (non-hydrogen) atoms. The molecule has 2 rings (SSSR count). The summed E-state index contributed by atoms with van der Waals surface area (Å²) in [5.74, 6) is -1.83. The van der Waals surface area contributed by atoms with Crippen molar-refractivity contribution in [1.29, 1.82) is 0 Å². The van der Waals surface area contributed by atoms with Crippen LogP contribution in [0.3, 0.4) is 0 Å². The van der Waals surface area contributed by atoms with Gasteiger partial charge >= 0.3 is 5.97 Å². The van der Waals surface area contributed by atoms with Crippen molar-refractivity contribution in [2.45, 2.75) is 26.3 Å². The van der Waals surface area contributed by atoms with Gasteiger partial charge in [0.05, 0.1) is 17.4 Å². The highest BCUT2D eigenvalue weighted by atomic mass is 16.4. The Labute approximate surface area is 99.0 Å². The number of carboxylic acids is 1. The number of nitrogens with one attached hydrogen (secondary N) is 1. The minimum atomic E-state index is -1.11. The van der Waals surface area contributed by atoms with Crippen LogP contribution < -0.4 is 5.32 Å². The lowest BCUT2D eigenvalue weighted by molar-refractivity contribution is -0.151. The number of likely N-dealkylation sites (tertiary alicyclic amines) is 1. The van der Waals surface area contributed by atoms with Gasteiger partial charge in [-0.1, -0.05) is 0 Å². The van der Waals surface area contributed by atoms with E-state index in [4.69, 9.17) is 5.11 Å². The summed E-state index contributed by atoms with van der Waals surface area (Å²) in [6.45, 7) is 3.63. The predicted octanol–water partition coefficient (Wildman–Crippen LogP) is -0.556. The molecule has 0 aliphatic carbocycles. The Morgan fingerprint density at radius 1 is 1.47 bits per heavy atom. The van der Waals surface area contributed by atoms with Crippen LogP contribution in [-0.2, 0) is 14.4 Å². The van der Waals surface area contributed by atoms with Crippen molar-refractivity contribution in [2.24, 2.45) is 11.3 Å². The summed E-state index contributed by atoms with van der Waals surface area (Å²) in [4.78, 5) is 36.0. The first-order valence-corrected chi connectivity index (χ1v) is 5.66. The van der Waals surface area contributed by atoms with Gasteiger partial charge in [0.15, 0.2) is 0 Å². The molecule has 0 bridgehead atoms. The Morgan fingerprint density at radius 2 is 2.12 bits per heavy atom. The average Bonchev–Trinajstić information content (AvgIpc) is 2.78. The van der Waals surface area contributed by atoms with Crippen LogP contribution in [0.25, 0.3) is 0 Å². The predicted molar refractivity (Wildman–Crippen MR) is 58.0 cm³/mol. The smallest absolute Gasteiger partial charge is 0.310 e. The van der Waals surface area contributed by atoms with E-state index < -0.39 is 17.4 Å². The van der Waals surface area contributed by atoms with Crippen LogP contribution >= 0.6 is 0 Å². The molecule has 6 heteroatoms. The molecule has 2 atom stereocenters. The monoisotopic (exact) mass is 240 g/mol. The third-order valence-corrected chi connectivity index (χ3v) is 3.47. The maximum absolute atomic E-state index is 12.0. The van der Waals surface area contributed by atoms with Crippen LogP contribution in [0.15, 0.2) is 0 Å². The van der Waals surface area contributed by atoms with E-state index in [9.17, 15) is 14.4 Å². The lowest BCUT2D eigenvalue weighted by atomic mass is 9.93. The molecule has 0 spiro atoms. The Kier molecular flexibility index (Phi) is 2.69. The zero-order valence-electron chi connectivity index (χ0n) is 9.90. The number of imide groups is 1. The van der Waals surface area contributed by atoms with Gasteiger partial charge in [-0.3, -0.25) is 19.3 Å². The standard InChI is InChI=1S/C11H16N2O4/c1-11(2,10(16)17)5-13-8(14)6-3-4-12-7(6)9(13)15/h6-7,12H,3-5H2,1-2H3,(H,16,17)/t6-,7+/m0/s1. The molecule has 0 aromatic carbocycles. The number of hydrogen-bond acceptors (Lipinski definition) is 4. The van der Waals surface area contributed by atoms with E-state index in [0.29, 0.717) is 13.0 Å². The molecule has 0 saturated carbocycles. The molecule has 2 heterocycles. The zero-order valence-corrected chi connectivity index (χ0v) is 9.90. The van der Waals surface area contributed by atoms with Gasteiger partial charge in [-0.05, 0) is 26.8 Å².